The molecule has 0 aromatic carbocycles. The molecule has 102 valence electrons. The monoisotopic (exact) mass is 260 g/mol. The number of fused-ring (bicyclic) bond motifs is 1. The van der Waals surface area contributed by atoms with E-state index in [1.165, 1.54) is 0 Å². The van der Waals surface area contributed by atoms with E-state index in [1.54, 1.807) is 10.7 Å². The molecule has 0 aliphatic carbocycles. The Morgan fingerprint density at radius 1 is 1.53 bits per heavy atom. The van der Waals surface area contributed by atoms with Gasteiger partial charge in [-0.25, -0.2) is 4.52 Å². The summed E-state index contributed by atoms with van der Waals surface area (Å²) in [5.74, 6) is 0.440. The Bertz CT molecular complexity index is 549. The molecule has 0 aliphatic heterocycles. The first kappa shape index (κ1) is 13.5. The number of hydrogen-bond acceptors (Lipinski definition) is 3. The molecule has 1 amide bonds. The first-order valence-corrected chi connectivity index (χ1v) is 6.63. The Hall–Kier alpha value is -1.88. The molecule has 0 bridgehead atoms. The Labute approximate surface area is 112 Å². The number of hydrogen-bond donors (Lipinski definition) is 2. The van der Waals surface area contributed by atoms with E-state index in [0.717, 1.165) is 18.4 Å². The maximum absolute atomic E-state index is 12.0. The summed E-state index contributed by atoms with van der Waals surface area (Å²) in [5.41, 5.74) is 7.00. The Balaban J connectivity index is 1.90. The minimum absolute atomic E-state index is 0.0680. The number of nitrogens with zero attached hydrogens (tertiary/aromatic N) is 2. The van der Waals surface area contributed by atoms with E-state index in [-0.39, 0.29) is 5.91 Å². The van der Waals surface area contributed by atoms with Gasteiger partial charge in [-0.15, -0.1) is 0 Å². The lowest BCUT2D eigenvalue weighted by Crippen LogP contribution is -2.25. The smallest absolute Gasteiger partial charge is 0.255 e. The summed E-state index contributed by atoms with van der Waals surface area (Å²) in [6, 6.07) is 5.67. The fraction of sp³-hybridized carbons (Fsp3) is 0.429. The van der Waals surface area contributed by atoms with Crippen LogP contribution in [0.5, 0.6) is 0 Å². The Kier molecular flexibility index (Phi) is 4.52. The zero-order valence-corrected chi connectivity index (χ0v) is 11.2. The second-order valence-electron chi connectivity index (χ2n) is 4.83. The van der Waals surface area contributed by atoms with E-state index in [4.69, 9.17) is 5.73 Å². The Morgan fingerprint density at radius 2 is 2.37 bits per heavy atom. The fourth-order valence-electron chi connectivity index (χ4n) is 1.98. The molecule has 0 fully saturated rings. The largest absolute Gasteiger partial charge is 0.352 e. The van der Waals surface area contributed by atoms with Crippen LogP contribution in [0.4, 0.5) is 0 Å². The van der Waals surface area contributed by atoms with E-state index in [0.29, 0.717) is 24.6 Å². The molecular weight excluding hydrogens is 240 g/mol. The van der Waals surface area contributed by atoms with Gasteiger partial charge in [0.15, 0.2) is 0 Å². The van der Waals surface area contributed by atoms with Crippen LogP contribution in [0.2, 0.25) is 0 Å². The lowest BCUT2D eigenvalue weighted by Gasteiger charge is -2.08. The van der Waals surface area contributed by atoms with Crippen LogP contribution < -0.4 is 11.1 Å². The third-order valence-electron chi connectivity index (χ3n) is 3.23. The molecule has 0 radical (unpaired) electrons. The molecule has 1 unspecified atom stereocenters. The van der Waals surface area contributed by atoms with Crippen LogP contribution in [0, 0.1) is 5.92 Å². The number of rotatable bonds is 6. The molecule has 0 saturated heterocycles. The van der Waals surface area contributed by atoms with Crippen molar-refractivity contribution in [1.82, 2.24) is 14.9 Å². The zero-order chi connectivity index (χ0) is 13.7. The van der Waals surface area contributed by atoms with Gasteiger partial charge in [-0.05, 0) is 37.4 Å². The summed E-state index contributed by atoms with van der Waals surface area (Å²) < 4.78 is 1.70. The maximum Gasteiger partial charge on any atom is 0.255 e. The number of nitrogens with two attached hydrogens (primary N) is 1. The lowest BCUT2D eigenvalue weighted by molar-refractivity contribution is 0.0954. The van der Waals surface area contributed by atoms with Crippen LogP contribution >= 0.6 is 0 Å². The van der Waals surface area contributed by atoms with Crippen molar-refractivity contribution in [1.29, 1.82) is 0 Å². The van der Waals surface area contributed by atoms with Gasteiger partial charge in [0, 0.05) is 12.7 Å². The summed E-state index contributed by atoms with van der Waals surface area (Å²) >= 11 is 0. The molecule has 1 atom stereocenters. The van der Waals surface area contributed by atoms with Crippen molar-refractivity contribution >= 4 is 11.4 Å². The summed E-state index contributed by atoms with van der Waals surface area (Å²) in [5, 5.41) is 7.07. The summed E-state index contributed by atoms with van der Waals surface area (Å²) in [6.07, 6.45) is 5.41. The number of amides is 1. The van der Waals surface area contributed by atoms with Gasteiger partial charge >= 0.3 is 0 Å². The molecule has 2 aromatic rings. The van der Waals surface area contributed by atoms with E-state index in [2.05, 4.69) is 17.3 Å². The van der Waals surface area contributed by atoms with Gasteiger partial charge in [0.05, 0.1) is 17.3 Å². The van der Waals surface area contributed by atoms with Crippen molar-refractivity contribution in [2.24, 2.45) is 11.7 Å². The van der Waals surface area contributed by atoms with E-state index in [9.17, 15) is 4.79 Å². The molecule has 2 rings (SSSR count). The number of nitrogens with one attached hydrogen (secondary N) is 1. The quantitative estimate of drug-likeness (QED) is 0.772. The number of carbonyl (C=O) groups excluding carboxylic acids is 1. The molecule has 0 spiro atoms. The minimum atomic E-state index is -0.0680. The van der Waals surface area contributed by atoms with Crippen molar-refractivity contribution in [2.45, 2.75) is 19.8 Å². The van der Waals surface area contributed by atoms with Crippen molar-refractivity contribution in [2.75, 3.05) is 13.1 Å². The molecule has 2 heterocycles. The van der Waals surface area contributed by atoms with Gasteiger partial charge in [-0.1, -0.05) is 13.0 Å². The third-order valence-corrected chi connectivity index (χ3v) is 3.23. The van der Waals surface area contributed by atoms with Crippen molar-refractivity contribution in [3.05, 3.63) is 36.2 Å². The average molecular weight is 260 g/mol. The van der Waals surface area contributed by atoms with Crippen LogP contribution in [-0.4, -0.2) is 28.6 Å². The zero-order valence-electron chi connectivity index (χ0n) is 11.2. The van der Waals surface area contributed by atoms with Gasteiger partial charge < -0.3 is 11.1 Å². The second kappa shape index (κ2) is 6.33. The lowest BCUT2D eigenvalue weighted by atomic mass is 10.1. The number of carbonyl (C=O) groups is 1. The summed E-state index contributed by atoms with van der Waals surface area (Å²) in [4.78, 5) is 12.0. The van der Waals surface area contributed by atoms with Crippen LogP contribution in [0.15, 0.2) is 30.6 Å². The van der Waals surface area contributed by atoms with E-state index in [1.807, 2.05) is 24.4 Å². The highest BCUT2D eigenvalue weighted by Crippen LogP contribution is 2.09. The molecule has 5 heteroatoms. The van der Waals surface area contributed by atoms with Gasteiger partial charge in [0.1, 0.15) is 0 Å². The van der Waals surface area contributed by atoms with Crippen LogP contribution in [-0.2, 0) is 0 Å². The normalized spacial score (nSPS) is 12.5. The van der Waals surface area contributed by atoms with E-state index >= 15 is 0 Å². The summed E-state index contributed by atoms with van der Waals surface area (Å²) in [7, 11) is 0. The first-order valence-electron chi connectivity index (χ1n) is 6.63. The molecule has 0 aliphatic rings. The molecule has 19 heavy (non-hydrogen) atoms. The summed E-state index contributed by atoms with van der Waals surface area (Å²) in [6.45, 7) is 3.49. The van der Waals surface area contributed by atoms with Gasteiger partial charge in [-0.2, -0.15) is 5.10 Å². The van der Waals surface area contributed by atoms with Crippen molar-refractivity contribution in [3.8, 4) is 0 Å². The van der Waals surface area contributed by atoms with Crippen molar-refractivity contribution in [3.63, 3.8) is 0 Å². The standard InChI is InChI=1S/C14H20N4O/c1-11(9-15)5-4-7-16-14(19)12-10-17-18-8-3-2-6-13(12)18/h2-3,6,8,10-11H,4-5,7,9,15H2,1H3,(H,16,19). The van der Waals surface area contributed by atoms with Crippen molar-refractivity contribution < 1.29 is 4.79 Å². The predicted octanol–water partition coefficient (Wildman–Crippen LogP) is 1.44. The highest BCUT2D eigenvalue weighted by molar-refractivity contribution is 6.00. The molecule has 5 nitrogen and oxygen atoms in total. The molecular formula is C14H20N4O. The third kappa shape index (κ3) is 3.32. The topological polar surface area (TPSA) is 72.4 Å². The minimum Gasteiger partial charge on any atom is -0.352 e. The second-order valence-corrected chi connectivity index (χ2v) is 4.83. The fourth-order valence-corrected chi connectivity index (χ4v) is 1.98. The van der Waals surface area contributed by atoms with Crippen LogP contribution in [0.3, 0.4) is 0 Å². The Morgan fingerprint density at radius 3 is 3.16 bits per heavy atom. The highest BCUT2D eigenvalue weighted by atomic mass is 16.1. The molecule has 0 saturated carbocycles. The van der Waals surface area contributed by atoms with Gasteiger partial charge in [0.25, 0.3) is 5.91 Å². The first-order chi connectivity index (χ1) is 9.22. The number of aromatic nitrogens is 2. The molecule has 3 N–H and O–H groups in total. The van der Waals surface area contributed by atoms with Crippen LogP contribution in [0.1, 0.15) is 30.1 Å². The predicted molar refractivity (Wildman–Crippen MR) is 75.0 cm³/mol. The van der Waals surface area contributed by atoms with Gasteiger partial charge in [-0.3, -0.25) is 4.79 Å². The molecule has 2 aromatic heterocycles. The maximum atomic E-state index is 12.0. The van der Waals surface area contributed by atoms with E-state index < -0.39 is 0 Å². The van der Waals surface area contributed by atoms with Crippen LogP contribution in [0.25, 0.3) is 5.52 Å². The van der Waals surface area contributed by atoms with Gasteiger partial charge in [0.2, 0.25) is 0 Å². The highest BCUT2D eigenvalue weighted by Gasteiger charge is 2.11. The average Bonchev–Trinajstić information content (AvgIpc) is 2.87. The number of pyridine rings is 1. The SMILES string of the molecule is CC(CN)CCCNC(=O)c1cnn2ccccc12.